The van der Waals surface area contributed by atoms with Crippen molar-refractivity contribution >= 4 is 6.08 Å². The Morgan fingerprint density at radius 3 is 2.63 bits per heavy atom. The van der Waals surface area contributed by atoms with Crippen molar-refractivity contribution in [2.45, 2.75) is 37.7 Å². The number of halogens is 1. The number of furan rings is 1. The maximum Gasteiger partial charge on any atom is 0.126 e. The third-order valence-electron chi connectivity index (χ3n) is 6.73. The molecule has 1 saturated carbocycles. The van der Waals surface area contributed by atoms with Crippen LogP contribution in [0.4, 0.5) is 4.39 Å². The van der Waals surface area contributed by atoms with Gasteiger partial charge in [0.1, 0.15) is 11.6 Å². The van der Waals surface area contributed by atoms with Gasteiger partial charge in [0.2, 0.25) is 0 Å². The Balaban J connectivity index is 1.57. The van der Waals surface area contributed by atoms with E-state index in [1.54, 1.807) is 18.4 Å². The molecule has 2 aromatic rings. The molecule has 4 nitrogen and oxygen atoms in total. The number of hydrogen-bond acceptors (Lipinski definition) is 4. The van der Waals surface area contributed by atoms with E-state index in [1.165, 1.54) is 17.7 Å². The normalized spacial score (nSPS) is 28.0. The molecule has 1 aromatic carbocycles. The van der Waals surface area contributed by atoms with Gasteiger partial charge in [-0.3, -0.25) is 0 Å². The molecule has 2 fully saturated rings. The van der Waals surface area contributed by atoms with Crippen molar-refractivity contribution in [1.29, 1.82) is 0 Å². The van der Waals surface area contributed by atoms with Crippen LogP contribution in [-0.2, 0) is 6.42 Å². The second-order valence-electron chi connectivity index (χ2n) is 9.09. The standard InChI is InChI=1S/C25H33FN2O2/c1-27-11-13-28(14-12-27)19-22-5-2-4-21(16-24-6-3-15-30-24)18-25(22,29)17-20-7-9-23(26)10-8-20/h3,6-10,15-16,22,29H,2,4-5,11-14,17-19H2,1H3/b21-16-. The summed E-state index contributed by atoms with van der Waals surface area (Å²) in [6.07, 6.45) is 7.99. The van der Waals surface area contributed by atoms with Crippen LogP contribution in [0.2, 0.25) is 0 Å². The van der Waals surface area contributed by atoms with Crippen LogP contribution < -0.4 is 0 Å². The zero-order valence-electron chi connectivity index (χ0n) is 17.9. The Morgan fingerprint density at radius 2 is 1.93 bits per heavy atom. The van der Waals surface area contributed by atoms with E-state index in [1.807, 2.05) is 12.1 Å². The SMILES string of the molecule is CN1CCN(CC2CCC/C(=C/c3ccco3)CC2(O)Cc2ccc(F)cc2)CC1. The van der Waals surface area contributed by atoms with Crippen molar-refractivity contribution in [3.8, 4) is 0 Å². The monoisotopic (exact) mass is 412 g/mol. The van der Waals surface area contributed by atoms with Crippen molar-refractivity contribution in [3.63, 3.8) is 0 Å². The summed E-state index contributed by atoms with van der Waals surface area (Å²) in [4.78, 5) is 4.86. The molecule has 1 aliphatic carbocycles. The molecular weight excluding hydrogens is 379 g/mol. The zero-order chi connectivity index (χ0) is 21.0. The zero-order valence-corrected chi connectivity index (χ0v) is 17.9. The lowest BCUT2D eigenvalue weighted by molar-refractivity contribution is -0.0347. The summed E-state index contributed by atoms with van der Waals surface area (Å²) in [6.45, 7) is 5.17. The summed E-state index contributed by atoms with van der Waals surface area (Å²) in [5.74, 6) is 0.791. The van der Waals surface area contributed by atoms with E-state index < -0.39 is 5.60 Å². The molecule has 30 heavy (non-hydrogen) atoms. The molecule has 2 aliphatic rings. The van der Waals surface area contributed by atoms with Crippen LogP contribution in [0.15, 0.2) is 52.7 Å². The topological polar surface area (TPSA) is 39.9 Å². The van der Waals surface area contributed by atoms with Gasteiger partial charge in [-0.15, -0.1) is 0 Å². The Labute approximate surface area is 179 Å². The van der Waals surface area contributed by atoms with Crippen LogP contribution in [0.1, 0.15) is 37.0 Å². The summed E-state index contributed by atoms with van der Waals surface area (Å²) < 4.78 is 18.9. The lowest BCUT2D eigenvalue weighted by Crippen LogP contribution is -2.50. The van der Waals surface area contributed by atoms with Gasteiger partial charge in [-0.25, -0.2) is 4.39 Å². The first-order valence-corrected chi connectivity index (χ1v) is 11.1. The molecule has 0 bridgehead atoms. The van der Waals surface area contributed by atoms with Gasteiger partial charge in [-0.2, -0.15) is 0 Å². The van der Waals surface area contributed by atoms with E-state index in [9.17, 15) is 9.50 Å². The van der Waals surface area contributed by atoms with Crippen LogP contribution in [0, 0.1) is 11.7 Å². The molecule has 5 heteroatoms. The fourth-order valence-corrected chi connectivity index (χ4v) is 4.93. The predicted octanol–water partition coefficient (Wildman–Crippen LogP) is 4.21. The highest BCUT2D eigenvalue weighted by molar-refractivity contribution is 5.48. The van der Waals surface area contributed by atoms with Crippen molar-refractivity contribution in [1.82, 2.24) is 9.80 Å². The van der Waals surface area contributed by atoms with Gasteiger partial charge in [0.25, 0.3) is 0 Å². The third kappa shape index (κ3) is 5.39. The van der Waals surface area contributed by atoms with Gasteiger partial charge in [0.05, 0.1) is 11.9 Å². The van der Waals surface area contributed by atoms with E-state index in [-0.39, 0.29) is 11.7 Å². The molecule has 0 amide bonds. The van der Waals surface area contributed by atoms with Gasteiger partial charge < -0.3 is 19.3 Å². The number of likely N-dealkylation sites (N-methyl/N-ethyl adjacent to an activating group) is 1. The van der Waals surface area contributed by atoms with Gasteiger partial charge in [0, 0.05) is 45.1 Å². The minimum Gasteiger partial charge on any atom is -0.465 e. The molecule has 0 spiro atoms. The first kappa shape index (κ1) is 21.3. The molecule has 2 unspecified atom stereocenters. The van der Waals surface area contributed by atoms with Crippen molar-refractivity contribution in [3.05, 3.63) is 65.4 Å². The average molecular weight is 413 g/mol. The second-order valence-corrected chi connectivity index (χ2v) is 9.09. The summed E-state index contributed by atoms with van der Waals surface area (Å²) in [6, 6.07) is 10.4. The quantitative estimate of drug-likeness (QED) is 0.747. The summed E-state index contributed by atoms with van der Waals surface area (Å²) in [5, 5.41) is 12.0. The van der Waals surface area contributed by atoms with E-state index >= 15 is 0 Å². The Kier molecular flexibility index (Phi) is 6.71. The maximum atomic E-state index is 13.4. The van der Waals surface area contributed by atoms with Crippen molar-refractivity contribution in [2.24, 2.45) is 5.92 Å². The highest BCUT2D eigenvalue weighted by atomic mass is 19.1. The first-order chi connectivity index (χ1) is 14.5. The second kappa shape index (κ2) is 9.46. The number of aliphatic hydroxyl groups is 1. The van der Waals surface area contributed by atoms with Crippen LogP contribution in [0.5, 0.6) is 0 Å². The number of nitrogens with zero attached hydrogens (tertiary/aromatic N) is 2. The van der Waals surface area contributed by atoms with Crippen LogP contribution in [-0.4, -0.2) is 60.3 Å². The Bertz CT molecular complexity index is 825. The Hall–Kier alpha value is -1.95. The van der Waals surface area contributed by atoms with Crippen LogP contribution in [0.25, 0.3) is 6.08 Å². The number of piperazine rings is 1. The summed E-state index contributed by atoms with van der Waals surface area (Å²) in [7, 11) is 2.17. The first-order valence-electron chi connectivity index (χ1n) is 11.1. The van der Waals surface area contributed by atoms with Gasteiger partial charge in [-0.05, 0) is 68.6 Å². The van der Waals surface area contributed by atoms with Crippen molar-refractivity contribution < 1.29 is 13.9 Å². The molecule has 1 aromatic heterocycles. The third-order valence-corrected chi connectivity index (χ3v) is 6.73. The van der Waals surface area contributed by atoms with E-state index in [0.29, 0.717) is 12.8 Å². The number of hydrogen-bond donors (Lipinski definition) is 1. The molecular formula is C25H33FN2O2. The summed E-state index contributed by atoms with van der Waals surface area (Å²) in [5.41, 5.74) is 1.37. The largest absolute Gasteiger partial charge is 0.465 e. The lowest BCUT2D eigenvalue weighted by Gasteiger charge is -2.41. The minimum absolute atomic E-state index is 0.188. The van der Waals surface area contributed by atoms with Crippen LogP contribution in [0.3, 0.4) is 0 Å². The highest BCUT2D eigenvalue weighted by Crippen LogP contribution is 2.39. The van der Waals surface area contributed by atoms with Gasteiger partial charge in [-0.1, -0.05) is 17.7 Å². The van der Waals surface area contributed by atoms with Crippen molar-refractivity contribution in [2.75, 3.05) is 39.8 Å². The minimum atomic E-state index is -0.851. The molecule has 162 valence electrons. The van der Waals surface area contributed by atoms with E-state index in [0.717, 1.165) is 63.3 Å². The molecule has 2 atom stereocenters. The number of rotatable bonds is 5. The molecule has 1 aliphatic heterocycles. The predicted molar refractivity (Wildman–Crippen MR) is 118 cm³/mol. The fourth-order valence-electron chi connectivity index (χ4n) is 4.93. The molecule has 1 N–H and O–H groups in total. The lowest BCUT2D eigenvalue weighted by atomic mass is 9.77. The average Bonchev–Trinajstić information content (AvgIpc) is 3.18. The molecule has 4 rings (SSSR count). The van der Waals surface area contributed by atoms with E-state index in [2.05, 4.69) is 22.9 Å². The highest BCUT2D eigenvalue weighted by Gasteiger charge is 2.40. The maximum absolute atomic E-state index is 13.4. The fraction of sp³-hybridized carbons (Fsp3) is 0.520. The summed E-state index contributed by atoms with van der Waals surface area (Å²) >= 11 is 0. The van der Waals surface area contributed by atoms with E-state index in [4.69, 9.17) is 4.42 Å². The number of benzene rings is 1. The van der Waals surface area contributed by atoms with Crippen LogP contribution >= 0.6 is 0 Å². The Morgan fingerprint density at radius 1 is 1.17 bits per heavy atom. The molecule has 2 heterocycles. The smallest absolute Gasteiger partial charge is 0.126 e. The molecule has 1 saturated heterocycles. The molecule has 0 radical (unpaired) electrons. The van der Waals surface area contributed by atoms with Gasteiger partial charge >= 0.3 is 0 Å². The van der Waals surface area contributed by atoms with Gasteiger partial charge in [0.15, 0.2) is 0 Å².